The highest BCUT2D eigenvalue weighted by atomic mass is 16.5. The minimum atomic E-state index is 0.482. The number of rotatable bonds is 4. The molecule has 0 fully saturated rings. The van der Waals surface area contributed by atoms with Crippen LogP contribution in [0.15, 0.2) is 52.9 Å². The Kier molecular flexibility index (Phi) is 4.71. The summed E-state index contributed by atoms with van der Waals surface area (Å²) in [5.74, 6) is 2.33. The molecule has 1 aliphatic rings. The second-order valence-electron chi connectivity index (χ2n) is 7.06. The maximum absolute atomic E-state index is 5.98. The number of nitrogens with zero attached hydrogens (tertiary/aromatic N) is 4. The molecule has 27 heavy (non-hydrogen) atoms. The molecule has 2 heterocycles. The van der Waals surface area contributed by atoms with Crippen LogP contribution in [0.1, 0.15) is 12.8 Å². The molecule has 6 heteroatoms. The first-order valence-corrected chi connectivity index (χ1v) is 9.16. The van der Waals surface area contributed by atoms with Crippen LogP contribution in [-0.4, -0.2) is 37.4 Å². The minimum absolute atomic E-state index is 0.482. The molecule has 0 bridgehead atoms. The van der Waals surface area contributed by atoms with Gasteiger partial charge in [0, 0.05) is 20.1 Å². The third-order valence-corrected chi connectivity index (χ3v) is 4.88. The Morgan fingerprint density at radius 1 is 1.04 bits per heavy atom. The van der Waals surface area contributed by atoms with Crippen molar-refractivity contribution in [1.82, 2.24) is 10.2 Å². The molecule has 4 rings (SSSR count). The molecule has 1 aromatic heterocycles. The number of methoxy groups -OCH3 is 1. The highest BCUT2D eigenvalue weighted by Gasteiger charge is 2.24. The molecule has 1 atom stereocenters. The third-order valence-electron chi connectivity index (χ3n) is 4.88. The summed E-state index contributed by atoms with van der Waals surface area (Å²) >= 11 is 0. The Bertz CT molecular complexity index is 924. The normalized spacial score (nSPS) is 16.8. The lowest BCUT2D eigenvalue weighted by Gasteiger charge is -2.24. The molecule has 1 aliphatic heterocycles. The summed E-state index contributed by atoms with van der Waals surface area (Å²) in [6, 6.07) is 16.1. The maximum Gasteiger partial charge on any atom is 0.251 e. The molecule has 2 aromatic carbocycles. The second-order valence-corrected chi connectivity index (χ2v) is 7.06. The van der Waals surface area contributed by atoms with Crippen LogP contribution >= 0.6 is 0 Å². The van der Waals surface area contributed by atoms with Gasteiger partial charge in [0.2, 0.25) is 5.89 Å². The number of hydrogen-bond acceptors (Lipinski definition) is 6. The fourth-order valence-electron chi connectivity index (χ4n) is 3.71. The predicted molar refractivity (Wildman–Crippen MR) is 106 cm³/mol. The number of para-hydroxylation sites is 3. The van der Waals surface area contributed by atoms with Crippen molar-refractivity contribution in [3.05, 3.63) is 54.4 Å². The predicted octanol–water partition coefficient (Wildman–Crippen LogP) is 3.84. The minimum Gasteiger partial charge on any atom is -0.496 e. The van der Waals surface area contributed by atoms with Crippen LogP contribution in [0.2, 0.25) is 0 Å². The van der Waals surface area contributed by atoms with E-state index in [0.717, 1.165) is 24.4 Å². The van der Waals surface area contributed by atoms with Crippen molar-refractivity contribution in [2.75, 3.05) is 37.0 Å². The van der Waals surface area contributed by atoms with Crippen molar-refractivity contribution in [1.29, 1.82) is 0 Å². The van der Waals surface area contributed by atoms with Gasteiger partial charge in [0.1, 0.15) is 5.75 Å². The Labute approximate surface area is 159 Å². The molecule has 6 nitrogen and oxygen atoms in total. The van der Waals surface area contributed by atoms with E-state index in [0.29, 0.717) is 24.2 Å². The van der Waals surface area contributed by atoms with Gasteiger partial charge in [0.15, 0.2) is 0 Å². The molecule has 0 aliphatic carbocycles. The van der Waals surface area contributed by atoms with Crippen LogP contribution in [0.4, 0.5) is 11.4 Å². The van der Waals surface area contributed by atoms with E-state index in [1.54, 1.807) is 7.11 Å². The van der Waals surface area contributed by atoms with Gasteiger partial charge in [-0.25, -0.2) is 0 Å². The zero-order valence-electron chi connectivity index (χ0n) is 15.9. The molecule has 0 N–H and O–H groups in total. The summed E-state index contributed by atoms with van der Waals surface area (Å²) in [5.41, 5.74) is 3.23. The van der Waals surface area contributed by atoms with Gasteiger partial charge >= 0.3 is 0 Å². The van der Waals surface area contributed by atoms with E-state index in [9.17, 15) is 0 Å². The van der Waals surface area contributed by atoms with E-state index in [1.165, 1.54) is 11.4 Å². The summed E-state index contributed by atoms with van der Waals surface area (Å²) in [4.78, 5) is 4.64. The summed E-state index contributed by atoms with van der Waals surface area (Å²) in [6.45, 7) is 4.80. The molecule has 140 valence electrons. The average molecular weight is 364 g/mol. The second kappa shape index (κ2) is 7.31. The highest BCUT2D eigenvalue weighted by molar-refractivity contribution is 5.72. The van der Waals surface area contributed by atoms with E-state index in [4.69, 9.17) is 9.15 Å². The standard InChI is InChI=1S/C21H24N4O2/c1-15-12-24(2)17-9-5-6-10-18(17)25(13-15)14-20-22-23-21(27-20)16-8-4-7-11-19(16)26-3/h4-11,15H,12-14H2,1-3H3/t15-/m0/s1. The van der Waals surface area contributed by atoms with Gasteiger partial charge < -0.3 is 19.0 Å². The van der Waals surface area contributed by atoms with Crippen LogP contribution < -0.4 is 14.5 Å². The fourth-order valence-corrected chi connectivity index (χ4v) is 3.71. The van der Waals surface area contributed by atoms with Crippen molar-refractivity contribution in [3.63, 3.8) is 0 Å². The Balaban J connectivity index is 1.63. The highest BCUT2D eigenvalue weighted by Crippen LogP contribution is 2.34. The van der Waals surface area contributed by atoms with Gasteiger partial charge in [-0.15, -0.1) is 10.2 Å². The summed E-state index contributed by atoms with van der Waals surface area (Å²) in [5, 5.41) is 8.52. The zero-order chi connectivity index (χ0) is 18.8. The molecule has 3 aromatic rings. The third kappa shape index (κ3) is 3.47. The smallest absolute Gasteiger partial charge is 0.251 e. The van der Waals surface area contributed by atoms with Gasteiger partial charge in [-0.2, -0.15) is 0 Å². The molecular formula is C21H24N4O2. The van der Waals surface area contributed by atoms with Crippen LogP contribution in [0, 0.1) is 5.92 Å². The van der Waals surface area contributed by atoms with Crippen molar-refractivity contribution in [2.24, 2.45) is 5.92 Å². The van der Waals surface area contributed by atoms with E-state index in [2.05, 4.69) is 58.2 Å². The average Bonchev–Trinajstić information content (AvgIpc) is 3.11. The quantitative estimate of drug-likeness (QED) is 0.701. The molecule has 0 radical (unpaired) electrons. The van der Waals surface area contributed by atoms with Crippen molar-refractivity contribution in [3.8, 4) is 17.2 Å². The first-order chi connectivity index (χ1) is 13.2. The molecule has 0 spiro atoms. The Morgan fingerprint density at radius 2 is 1.78 bits per heavy atom. The SMILES string of the molecule is COc1ccccc1-c1nnc(CN2C[C@@H](C)CN(C)c3ccccc32)o1. The van der Waals surface area contributed by atoms with E-state index in [1.807, 2.05) is 24.3 Å². The van der Waals surface area contributed by atoms with Crippen LogP contribution in [0.25, 0.3) is 11.5 Å². The largest absolute Gasteiger partial charge is 0.496 e. The van der Waals surface area contributed by atoms with E-state index < -0.39 is 0 Å². The number of fused-ring (bicyclic) bond motifs is 1. The van der Waals surface area contributed by atoms with Gasteiger partial charge in [-0.1, -0.05) is 31.2 Å². The Hall–Kier alpha value is -3.02. The number of aromatic nitrogens is 2. The summed E-state index contributed by atoms with van der Waals surface area (Å²) in [6.07, 6.45) is 0. The van der Waals surface area contributed by atoms with Crippen LogP contribution in [-0.2, 0) is 6.54 Å². The van der Waals surface area contributed by atoms with Crippen molar-refractivity contribution >= 4 is 11.4 Å². The molecule has 0 saturated heterocycles. The topological polar surface area (TPSA) is 54.6 Å². The summed E-state index contributed by atoms with van der Waals surface area (Å²) < 4.78 is 11.4. The van der Waals surface area contributed by atoms with Crippen LogP contribution in [0.3, 0.4) is 0 Å². The summed E-state index contributed by atoms with van der Waals surface area (Å²) in [7, 11) is 3.79. The van der Waals surface area contributed by atoms with Crippen LogP contribution in [0.5, 0.6) is 5.75 Å². The molecular weight excluding hydrogens is 340 g/mol. The van der Waals surface area contributed by atoms with Gasteiger partial charge in [0.25, 0.3) is 5.89 Å². The van der Waals surface area contributed by atoms with Gasteiger partial charge in [0.05, 0.1) is 30.6 Å². The van der Waals surface area contributed by atoms with Crippen molar-refractivity contribution in [2.45, 2.75) is 13.5 Å². The number of benzene rings is 2. The monoisotopic (exact) mass is 364 g/mol. The first kappa shape index (κ1) is 17.4. The molecule has 0 amide bonds. The van der Waals surface area contributed by atoms with E-state index in [-0.39, 0.29) is 0 Å². The molecule has 0 saturated carbocycles. The number of hydrogen-bond donors (Lipinski definition) is 0. The first-order valence-electron chi connectivity index (χ1n) is 9.16. The maximum atomic E-state index is 5.98. The van der Waals surface area contributed by atoms with E-state index >= 15 is 0 Å². The van der Waals surface area contributed by atoms with Crippen molar-refractivity contribution < 1.29 is 9.15 Å². The number of anilines is 2. The zero-order valence-corrected chi connectivity index (χ0v) is 15.9. The lowest BCUT2D eigenvalue weighted by molar-refractivity contribution is 0.413. The lowest BCUT2D eigenvalue weighted by Crippen LogP contribution is -2.29. The lowest BCUT2D eigenvalue weighted by atomic mass is 10.1. The Morgan fingerprint density at radius 3 is 2.59 bits per heavy atom. The molecule has 0 unspecified atom stereocenters. The fraction of sp³-hybridized carbons (Fsp3) is 0.333. The number of ether oxygens (including phenoxy) is 1. The van der Waals surface area contributed by atoms with Gasteiger partial charge in [-0.3, -0.25) is 0 Å². The van der Waals surface area contributed by atoms with Gasteiger partial charge in [-0.05, 0) is 30.2 Å².